The molecule has 104 valence electrons. The summed E-state index contributed by atoms with van der Waals surface area (Å²) in [6.07, 6.45) is 2.18. The average molecular weight is 272 g/mol. The van der Waals surface area contributed by atoms with E-state index in [2.05, 4.69) is 9.97 Å². The fourth-order valence-corrected chi connectivity index (χ4v) is 2.13. The molecular formula is C15H16N2O3. The van der Waals surface area contributed by atoms with Crippen LogP contribution in [0.15, 0.2) is 29.1 Å². The molecule has 5 heteroatoms. The van der Waals surface area contributed by atoms with Gasteiger partial charge in [-0.25, -0.2) is 4.98 Å². The van der Waals surface area contributed by atoms with Crippen molar-refractivity contribution in [1.82, 2.24) is 9.97 Å². The van der Waals surface area contributed by atoms with Crippen LogP contribution in [0.1, 0.15) is 24.6 Å². The van der Waals surface area contributed by atoms with E-state index in [4.69, 9.17) is 9.47 Å². The predicted molar refractivity (Wildman–Crippen MR) is 75.4 cm³/mol. The number of nitrogens with one attached hydrogen (secondary N) is 1. The average Bonchev–Trinajstić information content (AvgIpc) is 3.30. The van der Waals surface area contributed by atoms with E-state index < -0.39 is 0 Å². The number of aromatic amines is 1. The van der Waals surface area contributed by atoms with Crippen molar-refractivity contribution in [3.8, 4) is 22.8 Å². The molecule has 1 heterocycles. The monoisotopic (exact) mass is 272 g/mol. The molecule has 0 bridgehead atoms. The number of hydrogen-bond donors (Lipinski definition) is 1. The van der Waals surface area contributed by atoms with Gasteiger partial charge in [-0.3, -0.25) is 4.79 Å². The third-order valence-electron chi connectivity index (χ3n) is 3.37. The number of aromatic nitrogens is 2. The predicted octanol–water partition coefficient (Wildman–Crippen LogP) is 2.33. The highest BCUT2D eigenvalue weighted by atomic mass is 16.5. The first kappa shape index (κ1) is 12.7. The van der Waals surface area contributed by atoms with Crippen LogP contribution in [0.2, 0.25) is 0 Å². The van der Waals surface area contributed by atoms with E-state index in [1.54, 1.807) is 20.3 Å². The molecule has 0 spiro atoms. The Hall–Kier alpha value is -2.30. The molecule has 20 heavy (non-hydrogen) atoms. The lowest BCUT2D eigenvalue weighted by Gasteiger charge is -2.09. The van der Waals surface area contributed by atoms with Crippen LogP contribution in [0.5, 0.6) is 11.5 Å². The highest BCUT2D eigenvalue weighted by molar-refractivity contribution is 5.63. The molecular weight excluding hydrogens is 256 g/mol. The van der Waals surface area contributed by atoms with Gasteiger partial charge in [-0.05, 0) is 25.0 Å². The smallest absolute Gasteiger partial charge is 0.251 e. The molecule has 0 atom stereocenters. The van der Waals surface area contributed by atoms with Crippen LogP contribution >= 0.6 is 0 Å². The summed E-state index contributed by atoms with van der Waals surface area (Å²) in [4.78, 5) is 19.1. The Morgan fingerprint density at radius 1 is 1.10 bits per heavy atom. The number of ether oxygens (including phenoxy) is 2. The minimum absolute atomic E-state index is 0.126. The first-order chi connectivity index (χ1) is 9.69. The molecule has 1 aliphatic rings. The first-order valence-electron chi connectivity index (χ1n) is 6.54. The van der Waals surface area contributed by atoms with Gasteiger partial charge in [0.2, 0.25) is 0 Å². The third-order valence-corrected chi connectivity index (χ3v) is 3.37. The molecule has 3 rings (SSSR count). The molecule has 1 aromatic heterocycles. The summed E-state index contributed by atoms with van der Waals surface area (Å²) in [5.41, 5.74) is 1.33. The van der Waals surface area contributed by atoms with Gasteiger partial charge in [0.25, 0.3) is 5.56 Å². The summed E-state index contributed by atoms with van der Waals surface area (Å²) in [6, 6.07) is 6.99. The van der Waals surface area contributed by atoms with Crippen LogP contribution in [0, 0.1) is 0 Å². The first-order valence-corrected chi connectivity index (χ1v) is 6.54. The fourth-order valence-electron chi connectivity index (χ4n) is 2.13. The molecule has 1 saturated carbocycles. The van der Waals surface area contributed by atoms with E-state index in [1.165, 1.54) is 6.07 Å². The van der Waals surface area contributed by atoms with Crippen LogP contribution in [0.3, 0.4) is 0 Å². The molecule has 1 aliphatic carbocycles. The Morgan fingerprint density at radius 3 is 2.30 bits per heavy atom. The fraction of sp³-hybridized carbons (Fsp3) is 0.333. The summed E-state index contributed by atoms with van der Waals surface area (Å²) >= 11 is 0. The van der Waals surface area contributed by atoms with Crippen molar-refractivity contribution in [2.75, 3.05) is 14.2 Å². The van der Waals surface area contributed by atoms with Crippen molar-refractivity contribution < 1.29 is 9.47 Å². The quantitative estimate of drug-likeness (QED) is 0.927. The van der Waals surface area contributed by atoms with E-state index >= 15 is 0 Å². The number of benzene rings is 1. The summed E-state index contributed by atoms with van der Waals surface area (Å²) in [6.45, 7) is 0. The SMILES string of the molecule is COc1cc(OC)cc(-c2cc(=O)[nH]c(C3CC3)n2)c1. The van der Waals surface area contributed by atoms with Crippen LogP contribution < -0.4 is 15.0 Å². The highest BCUT2D eigenvalue weighted by Gasteiger charge is 2.26. The van der Waals surface area contributed by atoms with Gasteiger partial charge in [0, 0.05) is 23.6 Å². The second-order valence-electron chi connectivity index (χ2n) is 4.89. The van der Waals surface area contributed by atoms with Gasteiger partial charge in [-0.1, -0.05) is 0 Å². The lowest BCUT2D eigenvalue weighted by Crippen LogP contribution is -2.10. The van der Waals surface area contributed by atoms with Gasteiger partial charge in [0.1, 0.15) is 17.3 Å². The van der Waals surface area contributed by atoms with Crippen molar-refractivity contribution >= 4 is 0 Å². The van der Waals surface area contributed by atoms with Crippen molar-refractivity contribution in [2.45, 2.75) is 18.8 Å². The molecule has 1 fully saturated rings. The molecule has 0 amide bonds. The maximum Gasteiger partial charge on any atom is 0.251 e. The maximum absolute atomic E-state index is 11.8. The van der Waals surface area contributed by atoms with Crippen LogP contribution in [-0.4, -0.2) is 24.2 Å². The lowest BCUT2D eigenvalue weighted by atomic mass is 10.1. The highest BCUT2D eigenvalue weighted by Crippen LogP contribution is 2.38. The van der Waals surface area contributed by atoms with Gasteiger partial charge in [0.15, 0.2) is 0 Å². The topological polar surface area (TPSA) is 64.2 Å². The van der Waals surface area contributed by atoms with E-state index in [1.807, 2.05) is 12.1 Å². The van der Waals surface area contributed by atoms with Gasteiger partial charge in [-0.2, -0.15) is 0 Å². The van der Waals surface area contributed by atoms with E-state index in [9.17, 15) is 4.79 Å². The summed E-state index contributed by atoms with van der Waals surface area (Å²) in [7, 11) is 3.19. The minimum Gasteiger partial charge on any atom is -0.497 e. The van der Waals surface area contributed by atoms with Gasteiger partial charge >= 0.3 is 0 Å². The van der Waals surface area contributed by atoms with E-state index in [0.29, 0.717) is 23.1 Å². The maximum atomic E-state index is 11.8. The second kappa shape index (κ2) is 5.00. The molecule has 0 radical (unpaired) electrons. The largest absolute Gasteiger partial charge is 0.497 e. The van der Waals surface area contributed by atoms with Crippen molar-refractivity contribution in [3.05, 3.63) is 40.4 Å². The number of nitrogens with zero attached hydrogens (tertiary/aromatic N) is 1. The summed E-state index contributed by atoms with van der Waals surface area (Å²) < 4.78 is 10.5. The second-order valence-corrected chi connectivity index (χ2v) is 4.89. The number of rotatable bonds is 4. The van der Waals surface area contributed by atoms with Crippen LogP contribution in [0.4, 0.5) is 0 Å². The van der Waals surface area contributed by atoms with Crippen LogP contribution in [-0.2, 0) is 0 Å². The standard InChI is InChI=1S/C15H16N2O3/c1-19-11-5-10(6-12(7-11)20-2)13-8-14(18)17-15(16-13)9-3-4-9/h5-9H,3-4H2,1-2H3,(H,16,17,18). The van der Waals surface area contributed by atoms with E-state index in [0.717, 1.165) is 24.2 Å². The van der Waals surface area contributed by atoms with Crippen LogP contribution in [0.25, 0.3) is 11.3 Å². The summed E-state index contributed by atoms with van der Waals surface area (Å²) in [5.74, 6) is 2.52. The van der Waals surface area contributed by atoms with Crippen molar-refractivity contribution in [2.24, 2.45) is 0 Å². The zero-order chi connectivity index (χ0) is 14.1. The Labute approximate surface area is 116 Å². The molecule has 0 saturated heterocycles. The Bertz CT molecular complexity index is 668. The van der Waals surface area contributed by atoms with Gasteiger partial charge < -0.3 is 14.5 Å². The molecule has 1 aromatic carbocycles. The molecule has 0 aliphatic heterocycles. The summed E-state index contributed by atoms with van der Waals surface area (Å²) in [5, 5.41) is 0. The van der Waals surface area contributed by atoms with Gasteiger partial charge in [-0.15, -0.1) is 0 Å². The zero-order valence-electron chi connectivity index (χ0n) is 11.5. The number of hydrogen-bond acceptors (Lipinski definition) is 4. The number of methoxy groups -OCH3 is 2. The van der Waals surface area contributed by atoms with Gasteiger partial charge in [0.05, 0.1) is 19.9 Å². The Morgan fingerprint density at radius 2 is 1.75 bits per heavy atom. The van der Waals surface area contributed by atoms with Crippen molar-refractivity contribution in [1.29, 1.82) is 0 Å². The Kier molecular flexibility index (Phi) is 3.18. The Balaban J connectivity index is 2.09. The van der Waals surface area contributed by atoms with Crippen molar-refractivity contribution in [3.63, 3.8) is 0 Å². The molecule has 1 N–H and O–H groups in total. The third kappa shape index (κ3) is 2.52. The normalized spacial score (nSPS) is 14.1. The number of H-pyrrole nitrogens is 1. The lowest BCUT2D eigenvalue weighted by molar-refractivity contribution is 0.394. The molecule has 2 aromatic rings. The van der Waals surface area contributed by atoms with E-state index in [-0.39, 0.29) is 5.56 Å². The molecule has 5 nitrogen and oxygen atoms in total. The zero-order valence-corrected chi connectivity index (χ0v) is 11.5. The minimum atomic E-state index is -0.126. The molecule has 0 unspecified atom stereocenters.